The first-order chi connectivity index (χ1) is 9.74. The van der Waals surface area contributed by atoms with Crippen molar-refractivity contribution >= 4 is 11.0 Å². The van der Waals surface area contributed by atoms with Gasteiger partial charge in [0.05, 0.1) is 23.6 Å². The fourth-order valence-corrected chi connectivity index (χ4v) is 2.99. The highest BCUT2D eigenvalue weighted by Crippen LogP contribution is 2.40. The van der Waals surface area contributed by atoms with Gasteiger partial charge in [0.15, 0.2) is 0 Å². The number of nitrogens with zero attached hydrogens (tertiary/aromatic N) is 3. The molecular weight excluding hydrogens is 248 g/mol. The minimum atomic E-state index is -0.465. The highest BCUT2D eigenvalue weighted by atomic mass is 15.1. The van der Waals surface area contributed by atoms with Gasteiger partial charge in [-0.3, -0.25) is 0 Å². The van der Waals surface area contributed by atoms with Gasteiger partial charge in [0, 0.05) is 6.42 Å². The molecule has 0 saturated heterocycles. The van der Waals surface area contributed by atoms with Gasteiger partial charge in [0.25, 0.3) is 0 Å². The van der Waals surface area contributed by atoms with E-state index < -0.39 is 5.54 Å². The van der Waals surface area contributed by atoms with Crippen LogP contribution in [0.2, 0.25) is 0 Å². The molecule has 0 bridgehead atoms. The molecule has 2 aromatic rings. The fraction of sp³-hybridized carbons (Fsp3) is 0.500. The van der Waals surface area contributed by atoms with Crippen molar-refractivity contribution in [3.05, 3.63) is 30.1 Å². The number of hydrogen-bond donors (Lipinski definition) is 1. The third-order valence-electron chi connectivity index (χ3n) is 4.38. The molecule has 0 aliphatic heterocycles. The number of likely N-dealkylation sites (N-methyl/N-ethyl adjacent to an activating group) is 1. The molecule has 1 aliphatic rings. The largest absolute Gasteiger partial charge is 0.325 e. The summed E-state index contributed by atoms with van der Waals surface area (Å²) in [5, 5.41) is 12.9. The Labute approximate surface area is 119 Å². The molecular formula is C16H20N4. The summed E-state index contributed by atoms with van der Waals surface area (Å²) in [4.78, 5) is 4.69. The highest BCUT2D eigenvalue weighted by molar-refractivity contribution is 5.76. The summed E-state index contributed by atoms with van der Waals surface area (Å²) in [6.45, 7) is 2.79. The third kappa shape index (κ3) is 1.99. The maximum atomic E-state index is 9.68. The average Bonchev–Trinajstić information content (AvgIpc) is 3.28. The molecule has 1 unspecified atom stereocenters. The number of benzene rings is 1. The van der Waals surface area contributed by atoms with Crippen molar-refractivity contribution in [2.75, 3.05) is 7.05 Å². The van der Waals surface area contributed by atoms with Gasteiger partial charge in [0.2, 0.25) is 0 Å². The number of fused-ring (bicyclic) bond motifs is 1. The Balaban J connectivity index is 2.07. The molecule has 1 aromatic heterocycles. The maximum absolute atomic E-state index is 9.68. The zero-order chi connectivity index (χ0) is 14.2. The topological polar surface area (TPSA) is 53.6 Å². The molecule has 3 rings (SSSR count). The molecule has 1 aliphatic carbocycles. The number of imidazole rings is 1. The second kappa shape index (κ2) is 4.92. The van der Waals surface area contributed by atoms with Crippen molar-refractivity contribution in [1.82, 2.24) is 14.9 Å². The van der Waals surface area contributed by atoms with E-state index in [-0.39, 0.29) is 0 Å². The van der Waals surface area contributed by atoms with E-state index in [0.717, 1.165) is 36.1 Å². The van der Waals surface area contributed by atoms with Gasteiger partial charge < -0.3 is 9.88 Å². The lowest BCUT2D eigenvalue weighted by Gasteiger charge is -2.27. The molecule has 1 atom stereocenters. The van der Waals surface area contributed by atoms with Crippen LogP contribution in [0.5, 0.6) is 0 Å². The summed E-state index contributed by atoms with van der Waals surface area (Å²) in [5.74, 6) is 1.52. The molecule has 0 amide bonds. The summed E-state index contributed by atoms with van der Waals surface area (Å²) < 4.78 is 2.22. The minimum absolute atomic E-state index is 0.461. The van der Waals surface area contributed by atoms with Gasteiger partial charge in [-0.1, -0.05) is 19.1 Å². The van der Waals surface area contributed by atoms with Crippen molar-refractivity contribution in [3.63, 3.8) is 0 Å². The van der Waals surface area contributed by atoms with E-state index in [0.29, 0.717) is 12.5 Å². The van der Waals surface area contributed by atoms with E-state index in [1.165, 1.54) is 0 Å². The number of aryl methyl sites for hydroxylation is 1. The molecule has 4 nitrogen and oxygen atoms in total. The summed E-state index contributed by atoms with van der Waals surface area (Å²) in [7, 11) is 1.90. The van der Waals surface area contributed by atoms with Crippen LogP contribution >= 0.6 is 0 Å². The first-order valence-electron chi connectivity index (χ1n) is 7.28. The van der Waals surface area contributed by atoms with Gasteiger partial charge in [-0.05, 0) is 37.9 Å². The quantitative estimate of drug-likeness (QED) is 0.906. The Kier molecular flexibility index (Phi) is 3.23. The van der Waals surface area contributed by atoms with Crippen molar-refractivity contribution in [2.24, 2.45) is 5.92 Å². The predicted molar refractivity (Wildman–Crippen MR) is 79.2 cm³/mol. The van der Waals surface area contributed by atoms with E-state index in [1.807, 2.05) is 25.2 Å². The number of aromatic nitrogens is 2. The molecule has 1 N–H and O–H groups in total. The summed E-state index contributed by atoms with van der Waals surface area (Å²) in [5.41, 5.74) is 1.68. The zero-order valence-electron chi connectivity index (χ0n) is 12.1. The average molecular weight is 268 g/mol. The Morgan fingerprint density at radius 3 is 2.80 bits per heavy atom. The normalized spacial score (nSPS) is 17.9. The number of nitrogens with one attached hydrogen (secondary N) is 1. The first kappa shape index (κ1) is 13.1. The molecule has 1 aromatic carbocycles. The van der Waals surface area contributed by atoms with Gasteiger partial charge in [0.1, 0.15) is 11.4 Å². The van der Waals surface area contributed by atoms with Crippen LogP contribution < -0.4 is 5.32 Å². The Bertz CT molecular complexity index is 663. The molecule has 1 fully saturated rings. The number of nitriles is 1. The Hall–Kier alpha value is -1.86. The van der Waals surface area contributed by atoms with Gasteiger partial charge >= 0.3 is 0 Å². The zero-order valence-corrected chi connectivity index (χ0v) is 12.1. The molecule has 1 heterocycles. The Morgan fingerprint density at radius 1 is 1.45 bits per heavy atom. The van der Waals surface area contributed by atoms with Gasteiger partial charge in [-0.15, -0.1) is 0 Å². The standard InChI is InChI=1S/C16H20N4/c1-3-15-19-13-6-4-5-7-14(13)20(15)11-16(10-17,18-2)12-8-9-12/h4-7,12,18H,3,8-9,11H2,1-2H3. The molecule has 1 saturated carbocycles. The van der Waals surface area contributed by atoms with Crippen molar-refractivity contribution < 1.29 is 0 Å². The SMILES string of the molecule is CCc1nc2ccccc2n1CC(C#N)(NC)C1CC1. The minimum Gasteiger partial charge on any atom is -0.325 e. The highest BCUT2D eigenvalue weighted by Gasteiger charge is 2.45. The molecule has 20 heavy (non-hydrogen) atoms. The molecule has 0 radical (unpaired) electrons. The lowest BCUT2D eigenvalue weighted by atomic mass is 9.95. The molecule has 104 valence electrons. The predicted octanol–water partition coefficient (Wildman–Crippen LogP) is 2.49. The van der Waals surface area contributed by atoms with E-state index in [9.17, 15) is 5.26 Å². The van der Waals surface area contributed by atoms with Gasteiger partial charge in [-0.2, -0.15) is 5.26 Å². The van der Waals surface area contributed by atoms with E-state index in [4.69, 9.17) is 0 Å². The Morgan fingerprint density at radius 2 is 2.20 bits per heavy atom. The third-order valence-corrected chi connectivity index (χ3v) is 4.38. The van der Waals surface area contributed by atoms with Crippen molar-refractivity contribution in [1.29, 1.82) is 5.26 Å². The van der Waals surface area contributed by atoms with Crippen LogP contribution in [-0.2, 0) is 13.0 Å². The number of rotatable bonds is 5. The van der Waals surface area contributed by atoms with Crippen LogP contribution in [0.4, 0.5) is 0 Å². The first-order valence-corrected chi connectivity index (χ1v) is 7.28. The van der Waals surface area contributed by atoms with Gasteiger partial charge in [-0.25, -0.2) is 4.98 Å². The van der Waals surface area contributed by atoms with Crippen molar-refractivity contribution in [2.45, 2.75) is 38.3 Å². The molecule has 0 spiro atoms. The van der Waals surface area contributed by atoms with E-state index in [2.05, 4.69) is 33.9 Å². The lowest BCUT2D eigenvalue weighted by molar-refractivity contribution is 0.340. The van der Waals surface area contributed by atoms with Crippen molar-refractivity contribution in [3.8, 4) is 6.07 Å². The van der Waals surface area contributed by atoms with Crippen LogP contribution in [0, 0.1) is 17.2 Å². The fourth-order valence-electron chi connectivity index (χ4n) is 2.99. The van der Waals surface area contributed by atoms with Crippen LogP contribution in [-0.4, -0.2) is 22.1 Å². The molecule has 4 heteroatoms. The smallest absolute Gasteiger partial charge is 0.127 e. The van der Waals surface area contributed by atoms with Crippen LogP contribution in [0.15, 0.2) is 24.3 Å². The second-order valence-electron chi connectivity index (χ2n) is 5.56. The van der Waals surface area contributed by atoms with E-state index in [1.54, 1.807) is 0 Å². The van der Waals surface area contributed by atoms with Crippen LogP contribution in [0.25, 0.3) is 11.0 Å². The summed E-state index contributed by atoms with van der Waals surface area (Å²) in [6.07, 6.45) is 3.16. The summed E-state index contributed by atoms with van der Waals surface area (Å²) in [6, 6.07) is 10.7. The monoisotopic (exact) mass is 268 g/mol. The van der Waals surface area contributed by atoms with Crippen LogP contribution in [0.3, 0.4) is 0 Å². The van der Waals surface area contributed by atoms with E-state index >= 15 is 0 Å². The van der Waals surface area contributed by atoms with Crippen LogP contribution in [0.1, 0.15) is 25.6 Å². The number of para-hydroxylation sites is 2. The summed E-state index contributed by atoms with van der Waals surface area (Å²) >= 11 is 0. The lowest BCUT2D eigenvalue weighted by Crippen LogP contribution is -2.47. The number of hydrogen-bond acceptors (Lipinski definition) is 3. The maximum Gasteiger partial charge on any atom is 0.127 e. The second-order valence-corrected chi connectivity index (χ2v) is 5.56.